The molecule has 0 atom stereocenters. The van der Waals surface area contributed by atoms with Crippen LogP contribution in [0.5, 0.6) is 11.6 Å². The van der Waals surface area contributed by atoms with Crippen LogP contribution in [0.4, 0.5) is 14.7 Å². The van der Waals surface area contributed by atoms with E-state index >= 15 is 0 Å². The van der Waals surface area contributed by atoms with E-state index in [1.807, 2.05) is 0 Å². The van der Waals surface area contributed by atoms with Crippen LogP contribution in [-0.2, 0) is 6.54 Å². The predicted molar refractivity (Wildman–Crippen MR) is 82.2 cm³/mol. The van der Waals surface area contributed by atoms with Gasteiger partial charge in [0.1, 0.15) is 17.4 Å². The highest BCUT2D eigenvalue weighted by atomic mass is 19.1. The molecular formula is C17H13F2N3O. The summed E-state index contributed by atoms with van der Waals surface area (Å²) in [6.45, 7) is 0.459. The highest BCUT2D eigenvalue weighted by Gasteiger charge is 2.03. The molecule has 116 valence electrons. The second-order valence-electron chi connectivity index (χ2n) is 4.75. The first-order chi connectivity index (χ1) is 11.2. The Labute approximate surface area is 131 Å². The van der Waals surface area contributed by atoms with Crippen LogP contribution >= 0.6 is 0 Å². The molecule has 0 aliphatic heterocycles. The molecule has 0 saturated heterocycles. The second-order valence-corrected chi connectivity index (χ2v) is 4.75. The van der Waals surface area contributed by atoms with E-state index in [2.05, 4.69) is 15.3 Å². The second kappa shape index (κ2) is 6.83. The predicted octanol–water partition coefficient (Wildman–Crippen LogP) is 4.16. The Hall–Kier alpha value is -3.02. The monoisotopic (exact) mass is 313 g/mol. The Morgan fingerprint density at radius 2 is 1.52 bits per heavy atom. The summed E-state index contributed by atoms with van der Waals surface area (Å²) in [7, 11) is 0. The minimum atomic E-state index is -0.332. The Morgan fingerprint density at radius 3 is 2.22 bits per heavy atom. The van der Waals surface area contributed by atoms with E-state index in [1.54, 1.807) is 24.4 Å². The summed E-state index contributed by atoms with van der Waals surface area (Å²) < 4.78 is 31.2. The number of benzene rings is 2. The van der Waals surface area contributed by atoms with Gasteiger partial charge in [-0.05, 0) is 42.0 Å². The third-order valence-electron chi connectivity index (χ3n) is 3.03. The summed E-state index contributed by atoms with van der Waals surface area (Å²) in [5, 5.41) is 3.03. The molecule has 0 unspecified atom stereocenters. The molecule has 3 rings (SSSR count). The molecule has 1 aromatic heterocycles. The van der Waals surface area contributed by atoms with Crippen LogP contribution in [0, 0.1) is 11.6 Å². The highest BCUT2D eigenvalue weighted by molar-refractivity contribution is 5.32. The maximum Gasteiger partial charge on any atom is 0.226 e. The Balaban J connectivity index is 1.65. The molecule has 0 fully saturated rings. The van der Waals surface area contributed by atoms with Crippen molar-refractivity contribution in [2.24, 2.45) is 0 Å². The summed E-state index contributed by atoms with van der Waals surface area (Å²) in [5.74, 6) is 0.595. The average Bonchev–Trinajstić information content (AvgIpc) is 2.57. The van der Waals surface area contributed by atoms with Crippen molar-refractivity contribution in [3.05, 3.63) is 78.0 Å². The van der Waals surface area contributed by atoms with Gasteiger partial charge in [0, 0.05) is 18.8 Å². The van der Waals surface area contributed by atoms with Crippen LogP contribution in [0.3, 0.4) is 0 Å². The highest BCUT2D eigenvalue weighted by Crippen LogP contribution is 2.20. The standard InChI is InChI=1S/C17H13F2N3O/c18-13-3-1-12(2-4-13)11-21-17-20-10-9-16(22-17)23-15-7-5-14(19)6-8-15/h1-10H,11H2,(H,20,21,22). The lowest BCUT2D eigenvalue weighted by Crippen LogP contribution is -2.04. The Kier molecular flexibility index (Phi) is 4.42. The lowest BCUT2D eigenvalue weighted by Gasteiger charge is -2.08. The summed E-state index contributed by atoms with van der Waals surface area (Å²) in [6, 6.07) is 13.4. The van der Waals surface area contributed by atoms with E-state index in [-0.39, 0.29) is 11.6 Å². The zero-order valence-corrected chi connectivity index (χ0v) is 12.0. The molecule has 0 aliphatic carbocycles. The van der Waals surface area contributed by atoms with Gasteiger partial charge >= 0.3 is 0 Å². The van der Waals surface area contributed by atoms with E-state index in [0.717, 1.165) is 5.56 Å². The summed E-state index contributed by atoms with van der Waals surface area (Å²) in [5.41, 5.74) is 0.903. The minimum absolute atomic E-state index is 0.278. The summed E-state index contributed by atoms with van der Waals surface area (Å²) in [4.78, 5) is 8.30. The molecule has 0 spiro atoms. The number of hydrogen-bond donors (Lipinski definition) is 1. The summed E-state index contributed by atoms with van der Waals surface area (Å²) in [6.07, 6.45) is 1.55. The van der Waals surface area contributed by atoms with Crippen molar-refractivity contribution in [2.75, 3.05) is 5.32 Å². The fourth-order valence-electron chi connectivity index (χ4n) is 1.89. The number of aromatic nitrogens is 2. The van der Waals surface area contributed by atoms with Crippen LogP contribution in [0.15, 0.2) is 60.8 Å². The van der Waals surface area contributed by atoms with Crippen molar-refractivity contribution in [3.63, 3.8) is 0 Å². The van der Waals surface area contributed by atoms with Gasteiger partial charge in [0.25, 0.3) is 0 Å². The van der Waals surface area contributed by atoms with E-state index in [1.165, 1.54) is 36.4 Å². The molecule has 0 radical (unpaired) electrons. The van der Waals surface area contributed by atoms with Crippen LogP contribution in [0.1, 0.15) is 5.56 Å². The molecule has 4 nitrogen and oxygen atoms in total. The third-order valence-corrected chi connectivity index (χ3v) is 3.03. The molecular weight excluding hydrogens is 300 g/mol. The molecule has 0 amide bonds. The topological polar surface area (TPSA) is 47.0 Å². The van der Waals surface area contributed by atoms with Crippen molar-refractivity contribution < 1.29 is 13.5 Å². The van der Waals surface area contributed by atoms with Crippen molar-refractivity contribution in [1.82, 2.24) is 9.97 Å². The van der Waals surface area contributed by atoms with E-state index in [9.17, 15) is 8.78 Å². The Morgan fingerprint density at radius 1 is 0.870 bits per heavy atom. The lowest BCUT2D eigenvalue weighted by atomic mass is 10.2. The molecule has 6 heteroatoms. The number of rotatable bonds is 5. The van der Waals surface area contributed by atoms with Gasteiger partial charge in [0.2, 0.25) is 11.8 Å². The molecule has 3 aromatic rings. The first-order valence-electron chi connectivity index (χ1n) is 6.94. The van der Waals surface area contributed by atoms with Gasteiger partial charge in [-0.15, -0.1) is 0 Å². The number of nitrogens with zero attached hydrogens (tertiary/aromatic N) is 2. The van der Waals surface area contributed by atoms with Gasteiger partial charge in [-0.1, -0.05) is 12.1 Å². The SMILES string of the molecule is Fc1ccc(CNc2nccc(Oc3ccc(F)cc3)n2)cc1. The van der Waals surface area contributed by atoms with Crippen LogP contribution in [0.25, 0.3) is 0 Å². The van der Waals surface area contributed by atoms with Gasteiger partial charge in [0.05, 0.1) is 0 Å². The van der Waals surface area contributed by atoms with Crippen molar-refractivity contribution in [1.29, 1.82) is 0 Å². The molecule has 0 aliphatic rings. The smallest absolute Gasteiger partial charge is 0.226 e. The maximum absolute atomic E-state index is 12.9. The quantitative estimate of drug-likeness (QED) is 0.768. The largest absolute Gasteiger partial charge is 0.439 e. The van der Waals surface area contributed by atoms with Crippen LogP contribution in [0.2, 0.25) is 0 Å². The third kappa shape index (κ3) is 4.23. The normalized spacial score (nSPS) is 10.3. The van der Waals surface area contributed by atoms with Crippen LogP contribution < -0.4 is 10.1 Å². The van der Waals surface area contributed by atoms with Crippen molar-refractivity contribution >= 4 is 5.95 Å². The maximum atomic E-state index is 12.9. The van der Waals surface area contributed by atoms with Crippen molar-refractivity contribution in [2.45, 2.75) is 6.54 Å². The van der Waals surface area contributed by atoms with Gasteiger partial charge in [0.15, 0.2) is 0 Å². The minimum Gasteiger partial charge on any atom is -0.439 e. The zero-order valence-electron chi connectivity index (χ0n) is 12.0. The zero-order chi connectivity index (χ0) is 16.1. The molecule has 1 N–H and O–H groups in total. The average molecular weight is 313 g/mol. The first-order valence-corrected chi connectivity index (χ1v) is 6.94. The molecule has 0 bridgehead atoms. The van der Waals surface area contributed by atoms with Crippen LogP contribution in [-0.4, -0.2) is 9.97 Å². The fraction of sp³-hybridized carbons (Fsp3) is 0.0588. The first kappa shape index (κ1) is 14.9. The van der Waals surface area contributed by atoms with Gasteiger partial charge in [-0.3, -0.25) is 0 Å². The lowest BCUT2D eigenvalue weighted by molar-refractivity contribution is 0.460. The fourth-order valence-corrected chi connectivity index (χ4v) is 1.89. The van der Waals surface area contributed by atoms with Gasteiger partial charge in [-0.25, -0.2) is 13.8 Å². The van der Waals surface area contributed by atoms with E-state index in [0.29, 0.717) is 24.1 Å². The Bertz CT molecular complexity index is 777. The van der Waals surface area contributed by atoms with Gasteiger partial charge in [-0.2, -0.15) is 4.98 Å². The molecule has 0 saturated carbocycles. The van der Waals surface area contributed by atoms with Crippen molar-refractivity contribution in [3.8, 4) is 11.6 Å². The number of nitrogens with one attached hydrogen (secondary N) is 1. The number of hydrogen-bond acceptors (Lipinski definition) is 4. The van der Waals surface area contributed by atoms with E-state index in [4.69, 9.17) is 4.74 Å². The molecule has 1 heterocycles. The number of ether oxygens (including phenoxy) is 1. The van der Waals surface area contributed by atoms with Gasteiger partial charge < -0.3 is 10.1 Å². The van der Waals surface area contributed by atoms with E-state index < -0.39 is 0 Å². The summed E-state index contributed by atoms with van der Waals surface area (Å²) >= 11 is 0. The molecule has 2 aromatic carbocycles. The number of anilines is 1. The number of halogens is 2. The molecule has 23 heavy (non-hydrogen) atoms.